The standard InChI is InChI=1S/C27H33N3O4S/c1-16-8-9-17(2)19(14-16)29-13-7-11-27-21(24(33)30(18(3)15-31)22(27)25(29)34)20-23(32)28(5)12-6-10-26(20,4)35-27/h6-11,14,18,20-22,31H,12-13,15H2,1-5H3/t18-,20+,21+,22?,26-,27+/m1/s1. The topological polar surface area (TPSA) is 81.2 Å². The van der Waals surface area contributed by atoms with Crippen molar-refractivity contribution < 1.29 is 19.5 Å². The van der Waals surface area contributed by atoms with Gasteiger partial charge in [-0.25, -0.2) is 0 Å². The Morgan fingerprint density at radius 2 is 1.77 bits per heavy atom. The zero-order valence-corrected chi connectivity index (χ0v) is 21.7. The summed E-state index contributed by atoms with van der Waals surface area (Å²) in [6.07, 6.45) is 8.03. The van der Waals surface area contributed by atoms with E-state index < -0.39 is 33.4 Å². The highest BCUT2D eigenvalue weighted by Gasteiger charge is 2.74. The van der Waals surface area contributed by atoms with E-state index in [9.17, 15) is 19.5 Å². The van der Waals surface area contributed by atoms with Crippen molar-refractivity contribution in [1.29, 1.82) is 0 Å². The fourth-order valence-corrected chi connectivity index (χ4v) is 8.52. The molecule has 1 unspecified atom stereocenters. The van der Waals surface area contributed by atoms with Crippen LogP contribution in [0.25, 0.3) is 0 Å². The van der Waals surface area contributed by atoms with Crippen molar-refractivity contribution >= 4 is 35.2 Å². The molecule has 0 radical (unpaired) electrons. The number of nitrogens with zero attached hydrogens (tertiary/aromatic N) is 3. The maximum absolute atomic E-state index is 14.4. The van der Waals surface area contributed by atoms with Crippen LogP contribution in [0.3, 0.4) is 0 Å². The van der Waals surface area contributed by atoms with Crippen LogP contribution in [-0.2, 0) is 14.4 Å². The SMILES string of the molecule is Cc1ccc(C)c(N2CC=C[C@]34S[C@]5(C)C=CCN(C)C(=O)[C@@H]5[C@H]3C(=O)N([C@H](C)CO)C4C2=O)c1. The van der Waals surface area contributed by atoms with Crippen molar-refractivity contribution in [2.24, 2.45) is 11.8 Å². The van der Waals surface area contributed by atoms with Crippen LogP contribution in [0.1, 0.15) is 25.0 Å². The Kier molecular flexibility index (Phi) is 5.68. The summed E-state index contributed by atoms with van der Waals surface area (Å²) in [6.45, 7) is 8.37. The van der Waals surface area contributed by atoms with Crippen LogP contribution >= 0.6 is 11.8 Å². The van der Waals surface area contributed by atoms with Crippen LogP contribution in [-0.4, -0.2) is 80.9 Å². The molecule has 5 rings (SSSR count). The molecule has 3 amide bonds. The predicted molar refractivity (Wildman–Crippen MR) is 137 cm³/mol. The molecule has 0 aliphatic carbocycles. The van der Waals surface area contributed by atoms with Gasteiger partial charge in [0, 0.05) is 30.6 Å². The molecule has 1 spiro atoms. The number of aliphatic hydroxyl groups excluding tert-OH is 1. The highest BCUT2D eigenvalue weighted by atomic mass is 32.2. The van der Waals surface area contributed by atoms with Crippen LogP contribution in [0.5, 0.6) is 0 Å². The summed E-state index contributed by atoms with van der Waals surface area (Å²) in [4.78, 5) is 47.1. The van der Waals surface area contributed by atoms with E-state index in [1.165, 1.54) is 0 Å². The molecule has 1 aromatic rings. The lowest BCUT2D eigenvalue weighted by atomic mass is 9.74. The van der Waals surface area contributed by atoms with Gasteiger partial charge in [0.25, 0.3) is 5.91 Å². The van der Waals surface area contributed by atoms with E-state index in [4.69, 9.17) is 0 Å². The molecule has 35 heavy (non-hydrogen) atoms. The van der Waals surface area contributed by atoms with Crippen LogP contribution in [0, 0.1) is 25.7 Å². The van der Waals surface area contributed by atoms with Crippen molar-refractivity contribution in [1.82, 2.24) is 9.80 Å². The van der Waals surface area contributed by atoms with Gasteiger partial charge >= 0.3 is 0 Å². The highest BCUT2D eigenvalue weighted by molar-refractivity contribution is 8.02. The second kappa shape index (κ2) is 8.23. The van der Waals surface area contributed by atoms with Gasteiger partial charge in [-0.1, -0.05) is 36.4 Å². The molecule has 2 saturated heterocycles. The molecule has 7 nitrogen and oxygen atoms in total. The number of thioether (sulfide) groups is 1. The summed E-state index contributed by atoms with van der Waals surface area (Å²) in [5.74, 6) is -1.75. The largest absolute Gasteiger partial charge is 0.394 e. The molecule has 186 valence electrons. The molecule has 1 N–H and O–H groups in total. The second-order valence-corrected chi connectivity index (χ2v) is 12.3. The van der Waals surface area contributed by atoms with Crippen LogP contribution in [0.4, 0.5) is 5.69 Å². The number of rotatable bonds is 3. The maximum Gasteiger partial charge on any atom is 0.251 e. The summed E-state index contributed by atoms with van der Waals surface area (Å²) >= 11 is 1.56. The van der Waals surface area contributed by atoms with Gasteiger partial charge in [-0.05, 0) is 44.9 Å². The zero-order valence-electron chi connectivity index (χ0n) is 20.9. The molecule has 4 heterocycles. The summed E-state index contributed by atoms with van der Waals surface area (Å²) in [7, 11) is 1.76. The lowest BCUT2D eigenvalue weighted by molar-refractivity contribution is -0.144. The Bertz CT molecular complexity index is 1170. The first-order chi connectivity index (χ1) is 16.6. The van der Waals surface area contributed by atoms with Crippen LogP contribution < -0.4 is 4.90 Å². The molecule has 8 heteroatoms. The number of hydrogen-bond donors (Lipinski definition) is 1. The van der Waals surface area contributed by atoms with E-state index in [2.05, 4.69) is 0 Å². The van der Waals surface area contributed by atoms with E-state index in [1.807, 2.05) is 63.3 Å². The van der Waals surface area contributed by atoms with Crippen LogP contribution in [0.15, 0.2) is 42.5 Å². The molecule has 0 bridgehead atoms. The molecule has 0 aromatic heterocycles. The second-order valence-electron chi connectivity index (χ2n) is 10.5. The Hall–Kier alpha value is -2.58. The first-order valence-corrected chi connectivity index (χ1v) is 13.0. The highest BCUT2D eigenvalue weighted by Crippen LogP contribution is 2.65. The normalized spacial score (nSPS) is 35.1. The van der Waals surface area contributed by atoms with E-state index in [-0.39, 0.29) is 24.3 Å². The van der Waals surface area contributed by atoms with Crippen molar-refractivity contribution in [2.75, 3.05) is 31.6 Å². The van der Waals surface area contributed by atoms with Gasteiger partial charge in [-0.15, -0.1) is 11.8 Å². The third kappa shape index (κ3) is 3.33. The third-order valence-electron chi connectivity index (χ3n) is 8.09. The number of anilines is 1. The zero-order chi connectivity index (χ0) is 25.3. The number of likely N-dealkylation sites (N-methyl/N-ethyl adjacent to an activating group) is 1. The lowest BCUT2D eigenvalue weighted by Gasteiger charge is -2.39. The number of carbonyl (C=O) groups is 3. The average molecular weight is 496 g/mol. The van der Waals surface area contributed by atoms with Crippen LogP contribution in [0.2, 0.25) is 0 Å². The van der Waals surface area contributed by atoms with Gasteiger partial charge in [0.15, 0.2) is 0 Å². The van der Waals surface area contributed by atoms with Crippen molar-refractivity contribution in [3.8, 4) is 0 Å². The summed E-state index contributed by atoms with van der Waals surface area (Å²) in [5.41, 5.74) is 2.85. The van der Waals surface area contributed by atoms with E-state index in [0.717, 1.165) is 16.8 Å². The Morgan fingerprint density at radius 3 is 2.49 bits per heavy atom. The van der Waals surface area contributed by atoms with Gasteiger partial charge in [-0.2, -0.15) is 0 Å². The van der Waals surface area contributed by atoms with Crippen molar-refractivity contribution in [2.45, 2.75) is 49.3 Å². The average Bonchev–Trinajstić information content (AvgIpc) is 3.10. The van der Waals surface area contributed by atoms with Gasteiger partial charge in [-0.3, -0.25) is 14.4 Å². The lowest BCUT2D eigenvalue weighted by Crippen LogP contribution is -2.56. The molecule has 2 fully saturated rings. The van der Waals surface area contributed by atoms with Gasteiger partial charge in [0.1, 0.15) is 6.04 Å². The molecule has 4 aliphatic rings. The van der Waals surface area contributed by atoms with E-state index >= 15 is 0 Å². The Balaban J connectivity index is 1.69. The fourth-order valence-electron chi connectivity index (χ4n) is 6.37. The smallest absolute Gasteiger partial charge is 0.251 e. The molecule has 6 atom stereocenters. The van der Waals surface area contributed by atoms with Gasteiger partial charge < -0.3 is 19.8 Å². The summed E-state index contributed by atoms with van der Waals surface area (Å²) in [5, 5.41) is 10.1. The van der Waals surface area contributed by atoms with Gasteiger partial charge in [0.2, 0.25) is 11.8 Å². The number of amides is 3. The number of hydrogen-bond acceptors (Lipinski definition) is 5. The van der Waals surface area contributed by atoms with E-state index in [0.29, 0.717) is 13.1 Å². The minimum atomic E-state index is -0.901. The maximum atomic E-state index is 14.4. The number of benzene rings is 1. The number of aryl methyl sites for hydroxylation is 2. The third-order valence-corrected chi connectivity index (χ3v) is 9.89. The summed E-state index contributed by atoms with van der Waals surface area (Å²) in [6, 6.07) is 4.65. The Labute approximate surface area is 210 Å². The minimum absolute atomic E-state index is 0.0750. The van der Waals surface area contributed by atoms with Gasteiger partial charge in [0.05, 0.1) is 29.2 Å². The molecular weight excluding hydrogens is 462 g/mol. The van der Waals surface area contributed by atoms with E-state index in [1.54, 1.807) is 40.4 Å². The minimum Gasteiger partial charge on any atom is -0.394 e. The molecule has 1 aromatic carbocycles. The monoisotopic (exact) mass is 495 g/mol. The summed E-state index contributed by atoms with van der Waals surface area (Å²) < 4.78 is -1.52. The first kappa shape index (κ1) is 24.1. The fraction of sp³-hybridized carbons (Fsp3) is 0.519. The number of likely N-dealkylation sites (tertiary alicyclic amines) is 1. The molecule has 0 saturated carbocycles. The Morgan fingerprint density at radius 1 is 1.06 bits per heavy atom. The van der Waals surface area contributed by atoms with Crippen molar-refractivity contribution in [3.63, 3.8) is 0 Å². The number of aliphatic hydroxyl groups is 1. The quantitative estimate of drug-likeness (QED) is 0.651. The van der Waals surface area contributed by atoms with Crippen molar-refractivity contribution in [3.05, 3.63) is 53.6 Å². The number of fused-ring (bicyclic) bond motifs is 2. The number of carbonyl (C=O) groups excluding carboxylic acids is 3. The molecule has 4 aliphatic heterocycles. The molecular formula is C27H33N3O4S. The first-order valence-electron chi connectivity index (χ1n) is 12.2. The predicted octanol–water partition coefficient (Wildman–Crippen LogP) is 2.30.